The van der Waals surface area contributed by atoms with Gasteiger partial charge < -0.3 is 16.0 Å². The van der Waals surface area contributed by atoms with Gasteiger partial charge in [-0.25, -0.2) is 0 Å². The van der Waals surface area contributed by atoms with Gasteiger partial charge in [-0.15, -0.1) is 0 Å². The van der Waals surface area contributed by atoms with Gasteiger partial charge in [-0.05, 0) is 92.7 Å². The number of hydrogen-bond donors (Lipinski definition) is 3. The zero-order valence-corrected chi connectivity index (χ0v) is 17.9. The van der Waals surface area contributed by atoms with E-state index in [2.05, 4.69) is 16.0 Å². The van der Waals surface area contributed by atoms with Crippen molar-refractivity contribution in [2.24, 2.45) is 23.2 Å². The fourth-order valence-electron chi connectivity index (χ4n) is 6.41. The lowest BCUT2D eigenvalue weighted by molar-refractivity contribution is -0.146. The summed E-state index contributed by atoms with van der Waals surface area (Å²) in [7, 11) is 0. The number of carbonyl (C=O) groups excluding carboxylic acids is 2. The topological polar surface area (TPSA) is 70.2 Å². The SMILES string of the molecule is O=C(CCNC(=O)C12CC3CC(CC(C3)C1)C2)Nc1ccc(Nc2ccccc2)cc1. The number of rotatable bonds is 7. The molecule has 31 heavy (non-hydrogen) atoms. The Bertz CT molecular complexity index is 904. The van der Waals surface area contributed by atoms with E-state index in [4.69, 9.17) is 0 Å². The second-order valence-corrected chi connectivity index (χ2v) is 9.82. The lowest BCUT2D eigenvalue weighted by Gasteiger charge is -2.55. The zero-order valence-electron chi connectivity index (χ0n) is 17.9. The van der Waals surface area contributed by atoms with Crippen molar-refractivity contribution in [3.63, 3.8) is 0 Å². The van der Waals surface area contributed by atoms with E-state index in [0.29, 0.717) is 13.0 Å². The fraction of sp³-hybridized carbons (Fsp3) is 0.462. The van der Waals surface area contributed by atoms with Crippen molar-refractivity contribution in [2.75, 3.05) is 17.2 Å². The molecule has 0 heterocycles. The van der Waals surface area contributed by atoms with Gasteiger partial charge in [-0.1, -0.05) is 18.2 Å². The molecule has 0 spiro atoms. The van der Waals surface area contributed by atoms with Crippen LogP contribution >= 0.6 is 0 Å². The molecule has 0 atom stereocenters. The Labute approximate surface area is 184 Å². The molecule has 162 valence electrons. The van der Waals surface area contributed by atoms with Crippen LogP contribution in [0.1, 0.15) is 44.9 Å². The largest absolute Gasteiger partial charge is 0.356 e. The van der Waals surface area contributed by atoms with Crippen LogP contribution in [0, 0.1) is 23.2 Å². The molecule has 4 saturated carbocycles. The highest BCUT2D eigenvalue weighted by Crippen LogP contribution is 2.60. The quantitative estimate of drug-likeness (QED) is 0.588. The van der Waals surface area contributed by atoms with Crippen LogP contribution in [-0.2, 0) is 9.59 Å². The Morgan fingerprint density at radius 2 is 1.32 bits per heavy atom. The van der Waals surface area contributed by atoms with Crippen molar-refractivity contribution in [1.82, 2.24) is 5.32 Å². The van der Waals surface area contributed by atoms with Gasteiger partial charge >= 0.3 is 0 Å². The molecular weight excluding hydrogens is 386 g/mol. The summed E-state index contributed by atoms with van der Waals surface area (Å²) in [6.45, 7) is 0.403. The number of carbonyl (C=O) groups is 2. The van der Waals surface area contributed by atoms with E-state index < -0.39 is 0 Å². The van der Waals surface area contributed by atoms with Crippen molar-refractivity contribution in [2.45, 2.75) is 44.9 Å². The number of benzene rings is 2. The molecule has 5 nitrogen and oxygen atoms in total. The van der Waals surface area contributed by atoms with Crippen LogP contribution in [0.15, 0.2) is 54.6 Å². The Kier molecular flexibility index (Phi) is 5.43. The van der Waals surface area contributed by atoms with Crippen LogP contribution in [0.25, 0.3) is 0 Å². The molecule has 0 aliphatic heterocycles. The molecule has 3 N–H and O–H groups in total. The molecule has 4 bridgehead atoms. The molecule has 4 aliphatic rings. The average molecular weight is 418 g/mol. The molecule has 0 radical (unpaired) electrons. The first-order valence-electron chi connectivity index (χ1n) is 11.6. The lowest BCUT2D eigenvalue weighted by Crippen LogP contribution is -2.53. The molecule has 0 saturated heterocycles. The standard InChI is InChI=1S/C26H31N3O2/c30-24(29-23-8-6-22(7-9-23)28-21-4-2-1-3-5-21)10-11-27-25(31)26-15-18-12-19(16-26)14-20(13-18)17-26/h1-9,18-20,28H,10-17H2,(H,27,31)(H,29,30). The molecule has 6 rings (SSSR count). The van der Waals surface area contributed by atoms with E-state index >= 15 is 0 Å². The third-order valence-corrected chi connectivity index (χ3v) is 7.39. The minimum absolute atomic E-state index is 0.0745. The zero-order chi connectivity index (χ0) is 21.3. The molecule has 0 unspecified atom stereocenters. The third-order valence-electron chi connectivity index (χ3n) is 7.39. The summed E-state index contributed by atoms with van der Waals surface area (Å²) in [6.07, 6.45) is 7.45. The molecule has 2 aromatic carbocycles. The Hall–Kier alpha value is -2.82. The molecular formula is C26H31N3O2. The lowest BCUT2D eigenvalue weighted by atomic mass is 9.49. The molecule has 4 fully saturated rings. The van der Waals surface area contributed by atoms with Gasteiger partial charge in [0.2, 0.25) is 11.8 Å². The summed E-state index contributed by atoms with van der Waals surface area (Å²) >= 11 is 0. The van der Waals surface area contributed by atoms with Crippen molar-refractivity contribution in [3.05, 3.63) is 54.6 Å². The maximum atomic E-state index is 13.0. The van der Waals surface area contributed by atoms with E-state index in [0.717, 1.165) is 54.1 Å². The summed E-state index contributed by atoms with van der Waals surface area (Å²) in [4.78, 5) is 25.3. The van der Waals surface area contributed by atoms with E-state index in [1.807, 2.05) is 54.6 Å². The summed E-state index contributed by atoms with van der Waals surface area (Å²) in [5.41, 5.74) is 2.60. The van der Waals surface area contributed by atoms with E-state index in [9.17, 15) is 9.59 Å². The van der Waals surface area contributed by atoms with Gasteiger partial charge in [0.25, 0.3) is 0 Å². The van der Waals surface area contributed by atoms with Crippen LogP contribution in [0.5, 0.6) is 0 Å². The van der Waals surface area contributed by atoms with Crippen LogP contribution < -0.4 is 16.0 Å². The molecule has 5 heteroatoms. The van der Waals surface area contributed by atoms with Gasteiger partial charge in [0, 0.05) is 35.4 Å². The van der Waals surface area contributed by atoms with Gasteiger partial charge in [0.05, 0.1) is 0 Å². The number of nitrogens with one attached hydrogen (secondary N) is 3. The highest BCUT2D eigenvalue weighted by Gasteiger charge is 2.54. The van der Waals surface area contributed by atoms with Crippen LogP contribution in [-0.4, -0.2) is 18.4 Å². The highest BCUT2D eigenvalue weighted by atomic mass is 16.2. The normalized spacial score (nSPS) is 28.2. The van der Waals surface area contributed by atoms with Crippen molar-refractivity contribution in [3.8, 4) is 0 Å². The van der Waals surface area contributed by atoms with Crippen molar-refractivity contribution < 1.29 is 9.59 Å². The van der Waals surface area contributed by atoms with Gasteiger partial charge in [0.1, 0.15) is 0 Å². The summed E-state index contributed by atoms with van der Waals surface area (Å²) < 4.78 is 0. The first kappa shape index (κ1) is 20.1. The van der Waals surface area contributed by atoms with Crippen LogP contribution in [0.3, 0.4) is 0 Å². The predicted molar refractivity (Wildman–Crippen MR) is 123 cm³/mol. The molecule has 0 aromatic heterocycles. The maximum Gasteiger partial charge on any atom is 0.226 e. The maximum absolute atomic E-state index is 13.0. The average Bonchev–Trinajstić information content (AvgIpc) is 2.75. The van der Waals surface area contributed by atoms with Gasteiger partial charge in [0.15, 0.2) is 0 Å². The number of amides is 2. The first-order chi connectivity index (χ1) is 15.1. The monoisotopic (exact) mass is 417 g/mol. The minimum atomic E-state index is -0.146. The predicted octanol–water partition coefficient (Wildman–Crippen LogP) is 5.09. The summed E-state index contributed by atoms with van der Waals surface area (Å²) in [5, 5.41) is 9.33. The second-order valence-electron chi connectivity index (χ2n) is 9.82. The van der Waals surface area contributed by atoms with E-state index in [-0.39, 0.29) is 17.2 Å². The number of hydrogen-bond acceptors (Lipinski definition) is 3. The van der Waals surface area contributed by atoms with E-state index in [1.165, 1.54) is 19.3 Å². The number of para-hydroxylation sites is 1. The molecule has 4 aliphatic carbocycles. The fourth-order valence-corrected chi connectivity index (χ4v) is 6.41. The number of anilines is 3. The van der Waals surface area contributed by atoms with E-state index in [1.54, 1.807) is 0 Å². The highest BCUT2D eigenvalue weighted by molar-refractivity contribution is 5.91. The summed E-state index contributed by atoms with van der Waals surface area (Å²) in [6, 6.07) is 17.6. The minimum Gasteiger partial charge on any atom is -0.356 e. The van der Waals surface area contributed by atoms with Gasteiger partial charge in [-0.2, -0.15) is 0 Å². The first-order valence-corrected chi connectivity index (χ1v) is 11.6. The van der Waals surface area contributed by atoms with Crippen molar-refractivity contribution in [1.29, 1.82) is 0 Å². The Morgan fingerprint density at radius 3 is 1.94 bits per heavy atom. The molecule has 2 amide bonds. The van der Waals surface area contributed by atoms with Crippen LogP contribution in [0.4, 0.5) is 17.1 Å². The molecule has 2 aromatic rings. The Morgan fingerprint density at radius 1 is 0.774 bits per heavy atom. The van der Waals surface area contributed by atoms with Gasteiger partial charge in [-0.3, -0.25) is 9.59 Å². The smallest absolute Gasteiger partial charge is 0.226 e. The third kappa shape index (κ3) is 4.46. The van der Waals surface area contributed by atoms with Crippen molar-refractivity contribution >= 4 is 28.9 Å². The van der Waals surface area contributed by atoms with Crippen LogP contribution in [0.2, 0.25) is 0 Å². The Balaban J connectivity index is 1.08. The summed E-state index contributed by atoms with van der Waals surface area (Å²) in [5.74, 6) is 2.37. The second kappa shape index (κ2) is 8.37.